The first-order valence-corrected chi connectivity index (χ1v) is 6.50. The average molecular weight is 265 g/mol. The van der Waals surface area contributed by atoms with Crippen LogP contribution < -0.4 is 15.4 Å². The zero-order chi connectivity index (χ0) is 13.5. The molecule has 2 rings (SSSR count). The highest BCUT2D eigenvalue weighted by molar-refractivity contribution is 5.90. The van der Waals surface area contributed by atoms with Crippen LogP contribution in [0.4, 0.5) is 10.5 Å². The molecule has 0 spiro atoms. The molecule has 6 nitrogen and oxygen atoms in total. The number of ether oxygens (including phenoxy) is 2. The summed E-state index contributed by atoms with van der Waals surface area (Å²) in [7, 11) is 0. The lowest BCUT2D eigenvalue weighted by Crippen LogP contribution is -2.33. The van der Waals surface area contributed by atoms with E-state index in [-0.39, 0.29) is 6.03 Å². The lowest BCUT2D eigenvalue weighted by molar-refractivity contribution is 0.185. The van der Waals surface area contributed by atoms with Gasteiger partial charge in [0.1, 0.15) is 5.69 Å². The number of pyridine rings is 1. The molecule has 0 saturated carbocycles. The van der Waals surface area contributed by atoms with Gasteiger partial charge >= 0.3 is 6.03 Å². The Kier molecular flexibility index (Phi) is 4.97. The third-order valence-electron chi connectivity index (χ3n) is 2.88. The van der Waals surface area contributed by atoms with Crippen LogP contribution in [0, 0.1) is 5.92 Å². The van der Waals surface area contributed by atoms with Crippen LogP contribution in [-0.2, 0) is 4.74 Å². The van der Waals surface area contributed by atoms with Crippen LogP contribution in [0.25, 0.3) is 0 Å². The number of urea groups is 1. The van der Waals surface area contributed by atoms with Gasteiger partial charge in [0.15, 0.2) is 0 Å². The quantitative estimate of drug-likeness (QED) is 0.849. The maximum Gasteiger partial charge on any atom is 0.319 e. The summed E-state index contributed by atoms with van der Waals surface area (Å²) in [5, 5.41) is 5.57. The molecule has 1 aliphatic rings. The molecule has 104 valence electrons. The Hall–Kier alpha value is -1.82. The fourth-order valence-electron chi connectivity index (χ4n) is 1.89. The molecule has 0 bridgehead atoms. The van der Waals surface area contributed by atoms with Crippen LogP contribution in [0.2, 0.25) is 0 Å². The second-order valence-corrected chi connectivity index (χ2v) is 4.35. The Morgan fingerprint density at radius 1 is 1.63 bits per heavy atom. The molecular formula is C13H19N3O3. The summed E-state index contributed by atoms with van der Waals surface area (Å²) in [6, 6.07) is 3.26. The van der Waals surface area contributed by atoms with E-state index in [4.69, 9.17) is 9.47 Å². The molecule has 1 aromatic rings. The fraction of sp³-hybridized carbons (Fsp3) is 0.538. The molecule has 2 N–H and O–H groups in total. The molecule has 19 heavy (non-hydrogen) atoms. The number of hydrogen-bond donors (Lipinski definition) is 2. The molecule has 0 radical (unpaired) electrons. The van der Waals surface area contributed by atoms with Crippen molar-refractivity contribution in [3.63, 3.8) is 0 Å². The number of rotatable bonds is 5. The van der Waals surface area contributed by atoms with Crippen molar-refractivity contribution in [3.8, 4) is 5.88 Å². The minimum Gasteiger partial charge on any atom is -0.476 e. The molecule has 1 aliphatic heterocycles. The smallest absolute Gasteiger partial charge is 0.319 e. The van der Waals surface area contributed by atoms with Crippen molar-refractivity contribution < 1.29 is 14.3 Å². The number of aromatic nitrogens is 1. The Labute approximate surface area is 112 Å². The highest BCUT2D eigenvalue weighted by atomic mass is 16.5. The molecule has 0 unspecified atom stereocenters. The van der Waals surface area contributed by atoms with Gasteiger partial charge in [-0.05, 0) is 25.5 Å². The number of hydrogen-bond acceptors (Lipinski definition) is 4. The molecule has 2 heterocycles. The van der Waals surface area contributed by atoms with Crippen molar-refractivity contribution in [3.05, 3.63) is 18.3 Å². The lowest BCUT2D eigenvalue weighted by Gasteiger charge is -2.12. The number of carbonyl (C=O) groups excluding carboxylic acids is 1. The van der Waals surface area contributed by atoms with Gasteiger partial charge in [-0.25, -0.2) is 9.78 Å². The minimum atomic E-state index is -0.249. The van der Waals surface area contributed by atoms with Gasteiger partial charge < -0.3 is 20.1 Å². The molecule has 2 amide bonds. The summed E-state index contributed by atoms with van der Waals surface area (Å²) in [5.74, 6) is 0.843. The van der Waals surface area contributed by atoms with Crippen LogP contribution in [-0.4, -0.2) is 37.4 Å². The molecule has 1 aromatic heterocycles. The van der Waals surface area contributed by atoms with E-state index in [1.165, 1.54) is 0 Å². The van der Waals surface area contributed by atoms with Crippen LogP contribution >= 0.6 is 0 Å². The van der Waals surface area contributed by atoms with E-state index >= 15 is 0 Å². The van der Waals surface area contributed by atoms with E-state index < -0.39 is 0 Å². The van der Waals surface area contributed by atoms with Crippen molar-refractivity contribution in [2.75, 3.05) is 31.7 Å². The predicted molar refractivity (Wildman–Crippen MR) is 71.4 cm³/mol. The number of nitrogens with one attached hydrogen (secondary N) is 2. The number of carbonyl (C=O) groups is 1. The molecule has 1 atom stereocenters. The topological polar surface area (TPSA) is 72.5 Å². The molecule has 0 aromatic carbocycles. The van der Waals surface area contributed by atoms with Gasteiger partial charge in [-0.15, -0.1) is 0 Å². The Balaban J connectivity index is 1.83. The third-order valence-corrected chi connectivity index (χ3v) is 2.88. The summed E-state index contributed by atoms with van der Waals surface area (Å²) in [4.78, 5) is 15.9. The third kappa shape index (κ3) is 4.10. The molecule has 1 saturated heterocycles. The van der Waals surface area contributed by atoms with Crippen molar-refractivity contribution in [2.45, 2.75) is 13.3 Å². The second-order valence-electron chi connectivity index (χ2n) is 4.35. The van der Waals surface area contributed by atoms with E-state index in [1.54, 1.807) is 18.3 Å². The van der Waals surface area contributed by atoms with E-state index in [9.17, 15) is 4.79 Å². The average Bonchev–Trinajstić information content (AvgIpc) is 2.92. The number of anilines is 1. The van der Waals surface area contributed by atoms with E-state index in [0.29, 0.717) is 30.6 Å². The standard InChI is InChI=1S/C13H19N3O3/c1-2-19-12-11(4-3-6-14-12)16-13(17)15-8-10-5-7-18-9-10/h3-4,6,10H,2,5,7-9H2,1H3,(H2,15,16,17)/t10-/m0/s1. The maximum absolute atomic E-state index is 11.8. The SMILES string of the molecule is CCOc1ncccc1NC(=O)NC[C@@H]1CCOC1. The Morgan fingerprint density at radius 2 is 2.53 bits per heavy atom. The van der Waals surface area contributed by atoms with Gasteiger partial charge in [-0.1, -0.05) is 0 Å². The molecule has 1 fully saturated rings. The normalized spacial score (nSPS) is 18.1. The second kappa shape index (κ2) is 6.94. The lowest BCUT2D eigenvalue weighted by atomic mass is 10.1. The predicted octanol–water partition coefficient (Wildman–Crippen LogP) is 1.64. The highest BCUT2D eigenvalue weighted by Crippen LogP contribution is 2.20. The highest BCUT2D eigenvalue weighted by Gasteiger charge is 2.16. The van der Waals surface area contributed by atoms with Crippen LogP contribution in [0.5, 0.6) is 5.88 Å². The van der Waals surface area contributed by atoms with Gasteiger partial charge in [0.2, 0.25) is 5.88 Å². The molecule has 0 aliphatic carbocycles. The number of amides is 2. The summed E-state index contributed by atoms with van der Waals surface area (Å²) in [6.07, 6.45) is 2.63. The summed E-state index contributed by atoms with van der Waals surface area (Å²) >= 11 is 0. The maximum atomic E-state index is 11.8. The first kappa shape index (κ1) is 13.6. The van der Waals surface area contributed by atoms with E-state index in [1.807, 2.05) is 6.92 Å². The van der Waals surface area contributed by atoms with Gasteiger partial charge in [-0.2, -0.15) is 0 Å². The van der Waals surface area contributed by atoms with Crippen molar-refractivity contribution in [2.24, 2.45) is 5.92 Å². The van der Waals surface area contributed by atoms with Gasteiger partial charge in [-0.3, -0.25) is 0 Å². The molecular weight excluding hydrogens is 246 g/mol. The van der Waals surface area contributed by atoms with Crippen molar-refractivity contribution in [1.82, 2.24) is 10.3 Å². The zero-order valence-electron chi connectivity index (χ0n) is 11.0. The van der Waals surface area contributed by atoms with Gasteiger partial charge in [0.25, 0.3) is 0 Å². The fourth-order valence-corrected chi connectivity index (χ4v) is 1.89. The summed E-state index contributed by atoms with van der Waals surface area (Å²) < 4.78 is 10.6. The summed E-state index contributed by atoms with van der Waals surface area (Å²) in [5.41, 5.74) is 0.574. The van der Waals surface area contributed by atoms with E-state index in [2.05, 4.69) is 15.6 Å². The number of nitrogens with zero attached hydrogens (tertiary/aromatic N) is 1. The molecule has 6 heteroatoms. The van der Waals surface area contributed by atoms with E-state index in [0.717, 1.165) is 19.6 Å². The Morgan fingerprint density at radius 3 is 3.26 bits per heavy atom. The monoisotopic (exact) mass is 265 g/mol. The first-order chi connectivity index (χ1) is 9.29. The first-order valence-electron chi connectivity index (χ1n) is 6.50. The van der Waals surface area contributed by atoms with Crippen molar-refractivity contribution >= 4 is 11.7 Å². The van der Waals surface area contributed by atoms with Crippen LogP contribution in [0.3, 0.4) is 0 Å². The largest absolute Gasteiger partial charge is 0.476 e. The zero-order valence-corrected chi connectivity index (χ0v) is 11.0. The Bertz CT molecular complexity index is 419. The minimum absolute atomic E-state index is 0.249. The van der Waals surface area contributed by atoms with Crippen molar-refractivity contribution in [1.29, 1.82) is 0 Å². The van der Waals surface area contributed by atoms with Crippen LogP contribution in [0.15, 0.2) is 18.3 Å². The van der Waals surface area contributed by atoms with Gasteiger partial charge in [0, 0.05) is 25.3 Å². The summed E-state index contributed by atoms with van der Waals surface area (Å²) in [6.45, 7) is 4.50. The van der Waals surface area contributed by atoms with Crippen LogP contribution in [0.1, 0.15) is 13.3 Å². The van der Waals surface area contributed by atoms with Gasteiger partial charge in [0.05, 0.1) is 13.2 Å².